The first kappa shape index (κ1) is 21.6. The molecule has 1 N–H and O–H groups in total. The topological polar surface area (TPSA) is 86.1 Å². The lowest BCUT2D eigenvalue weighted by Gasteiger charge is -2.18. The van der Waals surface area contributed by atoms with Gasteiger partial charge in [0, 0.05) is 24.2 Å². The molecule has 4 heterocycles. The smallest absolute Gasteiger partial charge is 0.328 e. The number of nitrogens with one attached hydrogen (secondary N) is 1. The Labute approximate surface area is 197 Å². The fourth-order valence-electron chi connectivity index (χ4n) is 4.12. The van der Waals surface area contributed by atoms with Crippen molar-refractivity contribution < 1.29 is 14.3 Å². The molecule has 0 saturated heterocycles. The van der Waals surface area contributed by atoms with Gasteiger partial charge in [0.15, 0.2) is 5.82 Å². The maximum absolute atomic E-state index is 13.3. The molecule has 1 amide bonds. The normalized spacial score (nSPS) is 16.0. The standard InChI is InChI=1S/C27H24N4O3/c1-34-27(33)24-16-20-10-8-18(9-11-20)5-2-3-6-19-12-13-23-21(15-19)17-31(30-23)25-22(26(32)29-24)7-4-14-28-25/h2-4,7-15,17,24H,5-6,16H2,1H3,(H,29,32)/t24-/m0/s1. The molecule has 2 aromatic heterocycles. The van der Waals surface area contributed by atoms with Crippen LogP contribution < -0.4 is 5.32 Å². The highest BCUT2D eigenvalue weighted by atomic mass is 16.5. The van der Waals surface area contributed by atoms with Crippen LogP contribution in [0.1, 0.15) is 27.0 Å². The Hall–Kier alpha value is -4.26. The largest absolute Gasteiger partial charge is 0.467 e. The number of amides is 1. The average molecular weight is 453 g/mol. The van der Waals surface area contributed by atoms with Crippen molar-refractivity contribution in [3.8, 4) is 5.82 Å². The van der Waals surface area contributed by atoms with E-state index < -0.39 is 17.9 Å². The van der Waals surface area contributed by atoms with Crippen LogP contribution in [0.15, 0.2) is 79.1 Å². The first-order valence-electron chi connectivity index (χ1n) is 11.2. The summed E-state index contributed by atoms with van der Waals surface area (Å²) in [7, 11) is 1.32. The van der Waals surface area contributed by atoms with Crippen LogP contribution in [-0.4, -0.2) is 39.8 Å². The second-order valence-electron chi connectivity index (χ2n) is 8.29. The van der Waals surface area contributed by atoms with E-state index in [1.807, 2.05) is 36.5 Å². The minimum Gasteiger partial charge on any atom is -0.467 e. The Kier molecular flexibility index (Phi) is 5.91. The van der Waals surface area contributed by atoms with Crippen LogP contribution in [0.25, 0.3) is 16.7 Å². The molecule has 2 aliphatic heterocycles. The molecule has 2 aromatic carbocycles. The highest BCUT2D eigenvalue weighted by molar-refractivity contribution is 5.99. The molecule has 2 aliphatic rings. The van der Waals surface area contributed by atoms with E-state index in [1.165, 1.54) is 18.2 Å². The third-order valence-corrected chi connectivity index (χ3v) is 5.94. The van der Waals surface area contributed by atoms with Gasteiger partial charge in [0.2, 0.25) is 0 Å². The molecule has 7 nitrogen and oxygen atoms in total. The number of hydrogen-bond donors (Lipinski definition) is 1. The van der Waals surface area contributed by atoms with Crippen molar-refractivity contribution in [3.63, 3.8) is 0 Å². The summed E-state index contributed by atoms with van der Waals surface area (Å²) in [6.45, 7) is 0. The number of fused-ring (bicyclic) bond motifs is 7. The summed E-state index contributed by atoms with van der Waals surface area (Å²) in [4.78, 5) is 30.2. The molecule has 1 atom stereocenters. The van der Waals surface area contributed by atoms with E-state index in [-0.39, 0.29) is 0 Å². The lowest BCUT2D eigenvalue weighted by Crippen LogP contribution is -2.43. The zero-order valence-electron chi connectivity index (χ0n) is 18.8. The Morgan fingerprint density at radius 2 is 1.76 bits per heavy atom. The molecule has 34 heavy (non-hydrogen) atoms. The number of methoxy groups -OCH3 is 1. The number of allylic oxidation sites excluding steroid dienone is 2. The van der Waals surface area contributed by atoms with Crippen LogP contribution in [0.4, 0.5) is 0 Å². The van der Waals surface area contributed by atoms with Gasteiger partial charge >= 0.3 is 5.97 Å². The number of carbonyl (C=O) groups excluding carboxylic acids is 2. The van der Waals surface area contributed by atoms with E-state index >= 15 is 0 Å². The molecular weight excluding hydrogens is 428 g/mol. The maximum atomic E-state index is 13.3. The summed E-state index contributed by atoms with van der Waals surface area (Å²) in [5, 5.41) is 8.41. The number of benzene rings is 2. The quantitative estimate of drug-likeness (QED) is 0.352. The second-order valence-corrected chi connectivity index (χ2v) is 8.29. The van der Waals surface area contributed by atoms with E-state index in [2.05, 4.69) is 39.7 Å². The molecule has 170 valence electrons. The van der Waals surface area contributed by atoms with E-state index in [4.69, 9.17) is 4.74 Å². The molecule has 0 saturated carbocycles. The summed E-state index contributed by atoms with van der Waals surface area (Å²) in [5.41, 5.74) is 4.41. The van der Waals surface area contributed by atoms with Gasteiger partial charge < -0.3 is 10.1 Å². The van der Waals surface area contributed by atoms with Crippen LogP contribution >= 0.6 is 0 Å². The minimum absolute atomic E-state index is 0.318. The Balaban J connectivity index is 1.59. The molecule has 0 spiro atoms. The van der Waals surface area contributed by atoms with Crippen molar-refractivity contribution in [2.24, 2.45) is 0 Å². The van der Waals surface area contributed by atoms with Crippen molar-refractivity contribution >= 4 is 22.8 Å². The number of ether oxygens (including phenoxy) is 1. The summed E-state index contributed by atoms with van der Waals surface area (Å²) < 4.78 is 6.57. The molecule has 5 bridgehead atoms. The van der Waals surface area contributed by atoms with Gasteiger partial charge in [-0.3, -0.25) is 4.79 Å². The van der Waals surface area contributed by atoms with Crippen LogP contribution in [0.5, 0.6) is 0 Å². The van der Waals surface area contributed by atoms with Gasteiger partial charge in [0.25, 0.3) is 5.91 Å². The molecule has 6 rings (SSSR count). The number of nitrogens with zero attached hydrogens (tertiary/aromatic N) is 3. The molecule has 0 aliphatic carbocycles. The molecule has 4 aromatic rings. The van der Waals surface area contributed by atoms with E-state index in [9.17, 15) is 9.59 Å². The third kappa shape index (κ3) is 4.45. The lowest BCUT2D eigenvalue weighted by atomic mass is 10.0. The maximum Gasteiger partial charge on any atom is 0.328 e. The van der Waals surface area contributed by atoms with Crippen molar-refractivity contribution in [3.05, 3.63) is 101 Å². The van der Waals surface area contributed by atoms with Crippen molar-refractivity contribution in [1.82, 2.24) is 20.1 Å². The van der Waals surface area contributed by atoms with E-state index in [0.717, 1.165) is 29.3 Å². The highest BCUT2D eigenvalue weighted by Gasteiger charge is 2.25. The van der Waals surface area contributed by atoms with E-state index in [1.54, 1.807) is 23.0 Å². The Morgan fingerprint density at radius 3 is 2.56 bits per heavy atom. The SMILES string of the molecule is COC(=O)[C@@H]1Cc2ccc(cc2)CC=CCc2ccc3nn(cc3c2)-c2ncccc2C(=O)N1. The van der Waals surface area contributed by atoms with Gasteiger partial charge in [-0.1, -0.05) is 42.5 Å². The number of carbonyl (C=O) groups is 2. The zero-order valence-corrected chi connectivity index (χ0v) is 18.8. The molecule has 0 fully saturated rings. The predicted octanol–water partition coefficient (Wildman–Crippen LogP) is 3.59. The minimum atomic E-state index is -0.836. The van der Waals surface area contributed by atoms with Crippen LogP contribution in [-0.2, 0) is 28.8 Å². The van der Waals surface area contributed by atoms with Crippen molar-refractivity contribution in [2.75, 3.05) is 7.11 Å². The van der Waals surface area contributed by atoms with Gasteiger partial charge in [0.05, 0.1) is 18.2 Å². The third-order valence-electron chi connectivity index (χ3n) is 5.94. The predicted molar refractivity (Wildman–Crippen MR) is 129 cm³/mol. The van der Waals surface area contributed by atoms with E-state index in [0.29, 0.717) is 17.8 Å². The molecular formula is C27H24N4O3. The van der Waals surface area contributed by atoms with Gasteiger partial charge in [-0.15, -0.1) is 0 Å². The van der Waals surface area contributed by atoms with Crippen molar-refractivity contribution in [1.29, 1.82) is 0 Å². The molecule has 7 heteroatoms. The van der Waals surface area contributed by atoms with Crippen LogP contribution in [0.3, 0.4) is 0 Å². The first-order chi connectivity index (χ1) is 16.6. The lowest BCUT2D eigenvalue weighted by molar-refractivity contribution is -0.142. The highest BCUT2D eigenvalue weighted by Crippen LogP contribution is 2.20. The number of rotatable bonds is 1. The van der Waals surface area contributed by atoms with Crippen molar-refractivity contribution in [2.45, 2.75) is 25.3 Å². The number of aromatic nitrogens is 3. The molecule has 0 radical (unpaired) electrons. The monoisotopic (exact) mass is 452 g/mol. The fourth-order valence-corrected chi connectivity index (χ4v) is 4.12. The summed E-state index contributed by atoms with van der Waals surface area (Å²) in [6, 6.07) is 16.7. The van der Waals surface area contributed by atoms with Crippen LogP contribution in [0, 0.1) is 0 Å². The van der Waals surface area contributed by atoms with Gasteiger partial charge in [-0.2, -0.15) is 5.10 Å². The zero-order chi connectivity index (χ0) is 23.5. The number of pyridine rings is 1. The number of esters is 1. The van der Waals surface area contributed by atoms with Crippen LogP contribution in [0.2, 0.25) is 0 Å². The Morgan fingerprint density at radius 1 is 1.03 bits per heavy atom. The Bertz CT molecular complexity index is 1390. The second kappa shape index (κ2) is 9.31. The summed E-state index contributed by atoms with van der Waals surface area (Å²) in [5.74, 6) is -0.532. The van der Waals surface area contributed by atoms with Gasteiger partial charge in [0.1, 0.15) is 6.04 Å². The first-order valence-corrected chi connectivity index (χ1v) is 11.2. The average Bonchev–Trinajstić information content (AvgIpc) is 3.29. The van der Waals surface area contributed by atoms with Gasteiger partial charge in [-0.05, 0) is 53.8 Å². The fraction of sp³-hybridized carbons (Fsp3) is 0.185. The molecule has 0 unspecified atom stereocenters. The number of hydrogen-bond acceptors (Lipinski definition) is 5. The summed E-state index contributed by atoms with van der Waals surface area (Å²) in [6.07, 6.45) is 9.76. The summed E-state index contributed by atoms with van der Waals surface area (Å²) >= 11 is 0. The van der Waals surface area contributed by atoms with Gasteiger partial charge in [-0.25, -0.2) is 14.5 Å².